The van der Waals surface area contributed by atoms with Crippen LogP contribution < -0.4 is 29.1 Å². The third kappa shape index (κ3) is 6.72. The molecule has 0 fully saturated rings. The van der Waals surface area contributed by atoms with Crippen molar-refractivity contribution in [1.29, 1.82) is 0 Å². The molecule has 238 valence electrons. The number of nitrogens with zero attached hydrogens (tertiary/aromatic N) is 2. The molecule has 1 aliphatic rings. The van der Waals surface area contributed by atoms with E-state index in [4.69, 9.17) is 35.5 Å². The van der Waals surface area contributed by atoms with E-state index in [1.165, 1.54) is 11.3 Å². The normalized spacial score (nSPS) is 14.3. The molecule has 6 rings (SSSR count). The number of ether oxygens (including phenoxy) is 4. The van der Waals surface area contributed by atoms with Crippen LogP contribution in [0.2, 0.25) is 5.02 Å². The van der Waals surface area contributed by atoms with Crippen molar-refractivity contribution in [3.8, 4) is 17.2 Å². The van der Waals surface area contributed by atoms with Gasteiger partial charge in [0.15, 0.2) is 16.3 Å². The number of aromatic nitrogens is 1. The van der Waals surface area contributed by atoms with Crippen molar-refractivity contribution >= 4 is 40.7 Å². The summed E-state index contributed by atoms with van der Waals surface area (Å²) >= 11 is 7.24. The Kier molecular flexibility index (Phi) is 9.56. The van der Waals surface area contributed by atoms with E-state index >= 15 is 0 Å². The lowest BCUT2D eigenvalue weighted by atomic mass is 9.93. The van der Waals surface area contributed by atoms with Gasteiger partial charge in [-0.25, -0.2) is 9.79 Å². The van der Waals surface area contributed by atoms with Crippen LogP contribution in [0, 0.1) is 0 Å². The molecule has 8 nitrogen and oxygen atoms in total. The van der Waals surface area contributed by atoms with E-state index in [0.29, 0.717) is 49.5 Å². The summed E-state index contributed by atoms with van der Waals surface area (Å²) in [5, 5.41) is 0.673. The smallest absolute Gasteiger partial charge is 0.338 e. The van der Waals surface area contributed by atoms with Gasteiger partial charge in [0.25, 0.3) is 5.56 Å². The molecule has 47 heavy (non-hydrogen) atoms. The van der Waals surface area contributed by atoms with E-state index in [9.17, 15) is 9.59 Å². The summed E-state index contributed by atoms with van der Waals surface area (Å²) < 4.78 is 24.6. The van der Waals surface area contributed by atoms with E-state index in [1.807, 2.05) is 91.0 Å². The number of fused-ring (bicyclic) bond motifs is 1. The van der Waals surface area contributed by atoms with Gasteiger partial charge in [-0.05, 0) is 66.1 Å². The zero-order chi connectivity index (χ0) is 32.9. The van der Waals surface area contributed by atoms with E-state index < -0.39 is 12.0 Å². The summed E-state index contributed by atoms with van der Waals surface area (Å²) in [6, 6.07) is 28.9. The first-order valence-electron chi connectivity index (χ1n) is 14.9. The van der Waals surface area contributed by atoms with Gasteiger partial charge in [0, 0.05) is 10.6 Å². The highest BCUT2D eigenvalue weighted by Crippen LogP contribution is 2.38. The van der Waals surface area contributed by atoms with Crippen LogP contribution in [0.5, 0.6) is 17.2 Å². The van der Waals surface area contributed by atoms with E-state index in [-0.39, 0.29) is 17.7 Å². The number of carbonyl (C=O) groups excluding carboxylic acids is 1. The minimum Gasteiger partial charge on any atom is -0.493 e. The van der Waals surface area contributed by atoms with Gasteiger partial charge in [-0.3, -0.25) is 9.36 Å². The van der Waals surface area contributed by atoms with Gasteiger partial charge >= 0.3 is 5.97 Å². The summed E-state index contributed by atoms with van der Waals surface area (Å²) in [5.74, 6) is 1.12. The zero-order valence-corrected chi connectivity index (χ0v) is 27.5. The molecular weight excluding hydrogens is 636 g/mol. The molecule has 5 aromatic rings. The quantitative estimate of drug-likeness (QED) is 0.165. The van der Waals surface area contributed by atoms with Crippen LogP contribution in [0.4, 0.5) is 0 Å². The topological polar surface area (TPSA) is 88.4 Å². The summed E-state index contributed by atoms with van der Waals surface area (Å²) in [5.41, 5.74) is 3.60. The number of carbonyl (C=O) groups is 1. The number of hydrogen-bond acceptors (Lipinski definition) is 8. The average Bonchev–Trinajstić information content (AvgIpc) is 3.41. The minimum atomic E-state index is -0.842. The largest absolute Gasteiger partial charge is 0.493 e. The summed E-state index contributed by atoms with van der Waals surface area (Å²) in [6.45, 7) is 2.31. The Hall–Kier alpha value is -5.12. The van der Waals surface area contributed by atoms with Crippen molar-refractivity contribution in [2.24, 2.45) is 4.99 Å². The summed E-state index contributed by atoms with van der Waals surface area (Å²) in [6.07, 6.45) is 1.81. The third-order valence-corrected chi connectivity index (χ3v) is 8.83. The summed E-state index contributed by atoms with van der Waals surface area (Å²) in [7, 11) is 3.09. The second kappa shape index (κ2) is 14.1. The fourth-order valence-electron chi connectivity index (χ4n) is 5.34. The molecule has 1 atom stereocenters. The SMILES string of the molecule is CCOC(=O)C1=C(c2ccccc2)N=c2s/c(=C\c3ccc(OCc4ccc(Cl)cc4)cc3)c(=O)n2C1c1ccc(OC)c(OC)c1. The van der Waals surface area contributed by atoms with Crippen LogP contribution in [0.3, 0.4) is 0 Å². The van der Waals surface area contributed by atoms with Crippen molar-refractivity contribution < 1.29 is 23.7 Å². The monoisotopic (exact) mass is 666 g/mol. The predicted molar refractivity (Wildman–Crippen MR) is 183 cm³/mol. The van der Waals surface area contributed by atoms with Crippen molar-refractivity contribution in [3.05, 3.63) is 150 Å². The molecule has 0 radical (unpaired) electrons. The number of hydrogen-bond donors (Lipinski definition) is 0. The van der Waals surface area contributed by atoms with Gasteiger partial charge in [-0.1, -0.05) is 83.6 Å². The van der Waals surface area contributed by atoms with E-state index in [0.717, 1.165) is 16.7 Å². The molecule has 10 heteroatoms. The molecule has 0 saturated heterocycles. The van der Waals surface area contributed by atoms with Crippen LogP contribution in [0.15, 0.2) is 112 Å². The Bertz CT molecular complexity index is 2120. The molecule has 0 spiro atoms. The van der Waals surface area contributed by atoms with Crippen molar-refractivity contribution in [1.82, 2.24) is 4.57 Å². The van der Waals surface area contributed by atoms with E-state index in [1.54, 1.807) is 37.8 Å². The Morgan fingerprint density at radius 1 is 0.936 bits per heavy atom. The van der Waals surface area contributed by atoms with Gasteiger partial charge in [0.1, 0.15) is 12.4 Å². The predicted octanol–water partition coefficient (Wildman–Crippen LogP) is 6.19. The van der Waals surface area contributed by atoms with Gasteiger partial charge in [-0.2, -0.15) is 0 Å². The second-order valence-electron chi connectivity index (χ2n) is 10.5. The number of thiazole rings is 1. The zero-order valence-electron chi connectivity index (χ0n) is 25.9. The highest BCUT2D eigenvalue weighted by Gasteiger charge is 2.35. The second-order valence-corrected chi connectivity index (χ2v) is 12.0. The molecule has 1 aliphatic heterocycles. The molecular formula is C37H31ClN2O6S. The van der Waals surface area contributed by atoms with Gasteiger partial charge < -0.3 is 18.9 Å². The summed E-state index contributed by atoms with van der Waals surface area (Å²) in [4.78, 5) is 33.3. The maximum atomic E-state index is 14.2. The lowest BCUT2D eigenvalue weighted by Gasteiger charge is -2.26. The molecule has 2 heterocycles. The van der Waals surface area contributed by atoms with Gasteiger partial charge in [0.05, 0.1) is 42.7 Å². The molecule has 0 saturated carbocycles. The number of rotatable bonds is 10. The molecule has 0 N–H and O–H groups in total. The fraction of sp³-hybridized carbons (Fsp3) is 0.162. The molecule has 0 bridgehead atoms. The minimum absolute atomic E-state index is 0.160. The van der Waals surface area contributed by atoms with Crippen LogP contribution >= 0.6 is 22.9 Å². The molecule has 1 unspecified atom stereocenters. The maximum Gasteiger partial charge on any atom is 0.338 e. The Morgan fingerprint density at radius 3 is 2.34 bits per heavy atom. The maximum absolute atomic E-state index is 14.2. The highest BCUT2D eigenvalue weighted by atomic mass is 35.5. The van der Waals surface area contributed by atoms with Crippen LogP contribution in [0.1, 0.15) is 35.2 Å². The standard InChI is InChI=1S/C37H31ClN2O6S/c1-4-45-36(42)32-33(25-8-6-5-7-9-25)39-37-40(34(32)26-14-19-29(43-2)30(21-26)44-3)35(41)31(47-37)20-23-12-17-28(18-13-23)46-22-24-10-15-27(38)16-11-24/h5-21,34H,4,22H2,1-3H3/b31-20-. The van der Waals surface area contributed by atoms with Crippen molar-refractivity contribution in [2.45, 2.75) is 19.6 Å². The average molecular weight is 667 g/mol. The molecule has 0 amide bonds. The lowest BCUT2D eigenvalue weighted by Crippen LogP contribution is -2.40. The molecule has 0 aliphatic carbocycles. The molecule has 1 aromatic heterocycles. The van der Waals surface area contributed by atoms with E-state index in [2.05, 4.69) is 0 Å². The number of halogens is 1. The first-order chi connectivity index (χ1) is 22.9. The highest BCUT2D eigenvalue weighted by molar-refractivity contribution is 7.07. The van der Waals surface area contributed by atoms with Crippen LogP contribution in [-0.2, 0) is 16.1 Å². The Labute approximate surface area is 280 Å². The van der Waals surface area contributed by atoms with Crippen molar-refractivity contribution in [3.63, 3.8) is 0 Å². The van der Waals surface area contributed by atoms with Crippen molar-refractivity contribution in [2.75, 3.05) is 20.8 Å². The van der Waals surface area contributed by atoms with Gasteiger partial charge in [0.2, 0.25) is 0 Å². The Balaban J connectivity index is 1.46. The molecule has 4 aromatic carbocycles. The van der Waals surface area contributed by atoms with Crippen LogP contribution in [-0.4, -0.2) is 31.4 Å². The van der Waals surface area contributed by atoms with Crippen LogP contribution in [0.25, 0.3) is 11.8 Å². The van der Waals surface area contributed by atoms with Gasteiger partial charge in [-0.15, -0.1) is 0 Å². The fourth-order valence-corrected chi connectivity index (χ4v) is 6.46. The Morgan fingerprint density at radius 2 is 1.66 bits per heavy atom. The first kappa shape index (κ1) is 31.8. The first-order valence-corrected chi connectivity index (χ1v) is 16.1. The number of benzene rings is 4. The number of methoxy groups -OCH3 is 2. The number of esters is 1. The third-order valence-electron chi connectivity index (χ3n) is 7.59. The lowest BCUT2D eigenvalue weighted by molar-refractivity contribution is -0.138.